The lowest BCUT2D eigenvalue weighted by Gasteiger charge is -2.28. The molecule has 1 atom stereocenters. The Balaban J connectivity index is 2.63. The van der Waals surface area contributed by atoms with Crippen LogP contribution in [0.5, 0.6) is 0 Å². The number of amides is 1. The van der Waals surface area contributed by atoms with Gasteiger partial charge in [-0.15, -0.1) is 0 Å². The van der Waals surface area contributed by atoms with E-state index in [0.29, 0.717) is 18.8 Å². The molecule has 0 aliphatic heterocycles. The Morgan fingerprint density at radius 2 is 2.39 bits per heavy atom. The number of nitrogens with two attached hydrogens (primary N) is 1. The Kier molecular flexibility index (Phi) is 5.64. The summed E-state index contributed by atoms with van der Waals surface area (Å²) in [7, 11) is 1.63. The van der Waals surface area contributed by atoms with Crippen LogP contribution < -0.4 is 5.73 Å². The van der Waals surface area contributed by atoms with Crippen molar-refractivity contribution < 1.29 is 9.53 Å². The quantitative estimate of drug-likeness (QED) is 0.779. The van der Waals surface area contributed by atoms with Gasteiger partial charge >= 0.3 is 0 Å². The maximum absolute atomic E-state index is 12.2. The number of carbonyl (C=O) groups is 1. The lowest BCUT2D eigenvalue weighted by atomic mass is 10.2. The van der Waals surface area contributed by atoms with Crippen LogP contribution in [-0.2, 0) is 16.1 Å². The van der Waals surface area contributed by atoms with Crippen LogP contribution in [0.3, 0.4) is 0 Å². The zero-order chi connectivity index (χ0) is 13.5. The summed E-state index contributed by atoms with van der Waals surface area (Å²) in [6.07, 6.45) is 4.11. The van der Waals surface area contributed by atoms with Gasteiger partial charge in [-0.05, 0) is 13.3 Å². The summed E-state index contributed by atoms with van der Waals surface area (Å²) in [5, 5.41) is 4.02. The van der Waals surface area contributed by atoms with E-state index in [4.69, 9.17) is 10.5 Å². The topological polar surface area (TPSA) is 73.4 Å². The van der Waals surface area contributed by atoms with E-state index >= 15 is 0 Å². The summed E-state index contributed by atoms with van der Waals surface area (Å²) in [6.45, 7) is 5.44. The van der Waals surface area contributed by atoms with Gasteiger partial charge in [-0.25, -0.2) is 0 Å². The van der Waals surface area contributed by atoms with Crippen LogP contribution in [0.1, 0.15) is 20.3 Å². The van der Waals surface area contributed by atoms with Gasteiger partial charge in [-0.3, -0.25) is 9.48 Å². The van der Waals surface area contributed by atoms with E-state index in [1.165, 1.54) is 6.20 Å². The summed E-state index contributed by atoms with van der Waals surface area (Å²) in [4.78, 5) is 14.0. The van der Waals surface area contributed by atoms with Gasteiger partial charge in [0.1, 0.15) is 6.54 Å². The number of aromatic nitrogens is 2. The minimum Gasteiger partial charge on any atom is -0.396 e. The molecule has 0 bridgehead atoms. The van der Waals surface area contributed by atoms with Crippen molar-refractivity contribution in [1.82, 2.24) is 14.7 Å². The molecule has 1 rings (SSSR count). The Hall–Kier alpha value is -1.56. The van der Waals surface area contributed by atoms with E-state index in [-0.39, 0.29) is 18.5 Å². The third kappa shape index (κ3) is 4.03. The number of methoxy groups -OCH3 is 1. The third-order valence-corrected chi connectivity index (χ3v) is 2.93. The van der Waals surface area contributed by atoms with Gasteiger partial charge in [-0.1, -0.05) is 6.92 Å². The molecule has 1 unspecified atom stereocenters. The second kappa shape index (κ2) is 7.00. The first kappa shape index (κ1) is 14.5. The Morgan fingerprint density at radius 1 is 1.67 bits per heavy atom. The van der Waals surface area contributed by atoms with Gasteiger partial charge in [-0.2, -0.15) is 5.10 Å². The van der Waals surface area contributed by atoms with Gasteiger partial charge in [0.15, 0.2) is 0 Å². The first-order valence-electron chi connectivity index (χ1n) is 6.14. The van der Waals surface area contributed by atoms with Crippen molar-refractivity contribution in [2.75, 3.05) is 26.0 Å². The number of anilines is 1. The van der Waals surface area contributed by atoms with Crippen molar-refractivity contribution in [3.05, 3.63) is 12.4 Å². The summed E-state index contributed by atoms with van der Waals surface area (Å²) >= 11 is 0. The molecule has 0 radical (unpaired) electrons. The highest BCUT2D eigenvalue weighted by molar-refractivity contribution is 5.76. The van der Waals surface area contributed by atoms with Crippen LogP contribution in [0, 0.1) is 0 Å². The lowest BCUT2D eigenvalue weighted by molar-refractivity contribution is -0.134. The van der Waals surface area contributed by atoms with Crippen LogP contribution in [-0.4, -0.2) is 46.9 Å². The zero-order valence-corrected chi connectivity index (χ0v) is 11.3. The fourth-order valence-electron chi connectivity index (χ4n) is 1.70. The largest absolute Gasteiger partial charge is 0.396 e. The molecule has 18 heavy (non-hydrogen) atoms. The highest BCUT2D eigenvalue weighted by atomic mass is 16.5. The van der Waals surface area contributed by atoms with Crippen LogP contribution in [0.15, 0.2) is 12.4 Å². The molecule has 0 saturated carbocycles. The van der Waals surface area contributed by atoms with E-state index in [1.54, 1.807) is 18.0 Å². The standard InChI is InChI=1S/C12H22N4O2/c1-4-10(2)16(5-6-18-3)12(17)9-15-8-11(13)7-14-15/h7-8,10H,4-6,9,13H2,1-3H3. The monoisotopic (exact) mass is 254 g/mol. The second-order valence-electron chi connectivity index (χ2n) is 4.31. The third-order valence-electron chi connectivity index (χ3n) is 2.93. The van der Waals surface area contributed by atoms with Crippen molar-refractivity contribution in [2.45, 2.75) is 32.9 Å². The van der Waals surface area contributed by atoms with Crippen LogP contribution in [0.25, 0.3) is 0 Å². The number of nitrogens with zero attached hydrogens (tertiary/aromatic N) is 3. The fraction of sp³-hybridized carbons (Fsp3) is 0.667. The molecule has 0 aliphatic rings. The van der Waals surface area contributed by atoms with Crippen molar-refractivity contribution in [3.63, 3.8) is 0 Å². The highest BCUT2D eigenvalue weighted by Crippen LogP contribution is 2.06. The van der Waals surface area contributed by atoms with Crippen molar-refractivity contribution >= 4 is 11.6 Å². The molecule has 102 valence electrons. The van der Waals surface area contributed by atoms with Crippen LogP contribution in [0.2, 0.25) is 0 Å². The Bertz CT molecular complexity index is 378. The number of ether oxygens (including phenoxy) is 1. The summed E-state index contributed by atoms with van der Waals surface area (Å²) < 4.78 is 6.59. The first-order valence-corrected chi connectivity index (χ1v) is 6.14. The maximum Gasteiger partial charge on any atom is 0.244 e. The number of carbonyl (C=O) groups excluding carboxylic acids is 1. The molecule has 0 saturated heterocycles. The summed E-state index contributed by atoms with van der Waals surface area (Å²) in [5.74, 6) is 0.0319. The Labute approximate surface area is 108 Å². The molecule has 1 aromatic heterocycles. The lowest BCUT2D eigenvalue weighted by Crippen LogP contribution is -2.42. The average molecular weight is 254 g/mol. The molecular formula is C12H22N4O2. The van der Waals surface area contributed by atoms with E-state index < -0.39 is 0 Å². The maximum atomic E-state index is 12.2. The number of hydrogen-bond acceptors (Lipinski definition) is 4. The molecule has 1 amide bonds. The molecular weight excluding hydrogens is 232 g/mol. The number of nitrogen functional groups attached to an aromatic ring is 1. The minimum absolute atomic E-state index is 0.0319. The van der Waals surface area contributed by atoms with Gasteiger partial charge in [0.25, 0.3) is 0 Å². The van der Waals surface area contributed by atoms with E-state index in [9.17, 15) is 4.79 Å². The molecule has 0 aliphatic carbocycles. The Morgan fingerprint density at radius 3 is 2.89 bits per heavy atom. The second-order valence-corrected chi connectivity index (χ2v) is 4.31. The van der Waals surface area contributed by atoms with E-state index in [1.807, 2.05) is 11.8 Å². The van der Waals surface area contributed by atoms with Gasteiger partial charge < -0.3 is 15.4 Å². The van der Waals surface area contributed by atoms with Crippen molar-refractivity contribution in [1.29, 1.82) is 0 Å². The van der Waals surface area contributed by atoms with Crippen molar-refractivity contribution in [3.8, 4) is 0 Å². The fourth-order valence-corrected chi connectivity index (χ4v) is 1.70. The zero-order valence-electron chi connectivity index (χ0n) is 11.3. The molecule has 1 heterocycles. The highest BCUT2D eigenvalue weighted by Gasteiger charge is 2.19. The average Bonchev–Trinajstić information content (AvgIpc) is 2.74. The van der Waals surface area contributed by atoms with Crippen LogP contribution in [0.4, 0.5) is 5.69 Å². The van der Waals surface area contributed by atoms with Gasteiger partial charge in [0, 0.05) is 25.9 Å². The van der Waals surface area contributed by atoms with Gasteiger partial charge in [0.2, 0.25) is 5.91 Å². The summed E-state index contributed by atoms with van der Waals surface area (Å²) in [6, 6.07) is 0.195. The van der Waals surface area contributed by atoms with E-state index in [2.05, 4.69) is 12.0 Å². The molecule has 1 aromatic rings. The predicted octanol–water partition coefficient (Wildman–Crippen LogP) is 0.739. The number of rotatable bonds is 7. The normalized spacial score (nSPS) is 12.4. The minimum atomic E-state index is 0.0319. The molecule has 0 aromatic carbocycles. The SMILES string of the molecule is CCC(C)N(CCOC)C(=O)Cn1cc(N)cn1. The van der Waals surface area contributed by atoms with Crippen molar-refractivity contribution in [2.24, 2.45) is 0 Å². The molecule has 0 spiro atoms. The first-order chi connectivity index (χ1) is 8.58. The molecule has 0 fully saturated rings. The molecule has 6 nitrogen and oxygen atoms in total. The van der Waals surface area contributed by atoms with E-state index in [0.717, 1.165) is 6.42 Å². The van der Waals surface area contributed by atoms with Crippen LogP contribution >= 0.6 is 0 Å². The molecule has 2 N–H and O–H groups in total. The predicted molar refractivity (Wildman–Crippen MR) is 70.0 cm³/mol. The summed E-state index contributed by atoms with van der Waals surface area (Å²) in [5.41, 5.74) is 6.13. The molecule has 6 heteroatoms. The van der Waals surface area contributed by atoms with Gasteiger partial charge in [0.05, 0.1) is 18.5 Å². The smallest absolute Gasteiger partial charge is 0.244 e. The number of hydrogen-bond donors (Lipinski definition) is 1.